The molecule has 3 N–H and O–H groups in total. The van der Waals surface area contributed by atoms with Crippen LogP contribution in [-0.4, -0.2) is 36.5 Å². The fourth-order valence-electron chi connectivity index (χ4n) is 2.09. The summed E-state index contributed by atoms with van der Waals surface area (Å²) in [5.41, 5.74) is 5.36. The van der Waals surface area contributed by atoms with Crippen molar-refractivity contribution in [1.82, 2.24) is 4.31 Å². The summed E-state index contributed by atoms with van der Waals surface area (Å²) >= 11 is 0. The van der Waals surface area contributed by atoms with Crippen LogP contribution in [-0.2, 0) is 16.6 Å². The van der Waals surface area contributed by atoms with Crippen molar-refractivity contribution in [2.45, 2.75) is 30.4 Å². The molecule has 0 aliphatic carbocycles. The van der Waals surface area contributed by atoms with Crippen molar-refractivity contribution < 1.29 is 13.5 Å². The third-order valence-electron chi connectivity index (χ3n) is 3.19. The summed E-state index contributed by atoms with van der Waals surface area (Å²) in [5, 5.41) is 9.85. The maximum atomic E-state index is 12.4. The summed E-state index contributed by atoms with van der Waals surface area (Å²) in [6.07, 6.45) is 0.461. The minimum atomic E-state index is -3.52. The van der Waals surface area contributed by atoms with Crippen LogP contribution in [0.25, 0.3) is 0 Å². The van der Waals surface area contributed by atoms with E-state index in [-0.39, 0.29) is 11.4 Å². The molecule has 100 valence electrons. The van der Waals surface area contributed by atoms with Crippen LogP contribution in [0.4, 0.5) is 0 Å². The highest BCUT2D eigenvalue weighted by atomic mass is 32.2. The van der Waals surface area contributed by atoms with Gasteiger partial charge in [-0.1, -0.05) is 12.1 Å². The third kappa shape index (κ3) is 2.56. The molecule has 2 rings (SSSR count). The summed E-state index contributed by atoms with van der Waals surface area (Å²) in [4.78, 5) is 0.239. The average Bonchev–Trinajstić information content (AvgIpc) is 2.70. The predicted molar refractivity (Wildman–Crippen MR) is 68.3 cm³/mol. The molecule has 1 heterocycles. The fourth-order valence-corrected chi connectivity index (χ4v) is 3.72. The van der Waals surface area contributed by atoms with Gasteiger partial charge in [0.2, 0.25) is 10.0 Å². The summed E-state index contributed by atoms with van der Waals surface area (Å²) in [6.45, 7) is 2.45. The largest absolute Gasteiger partial charge is 0.389 e. The van der Waals surface area contributed by atoms with Crippen LogP contribution in [0.15, 0.2) is 29.2 Å². The Morgan fingerprint density at radius 2 is 2.22 bits per heavy atom. The lowest BCUT2D eigenvalue weighted by Gasteiger charge is -2.19. The van der Waals surface area contributed by atoms with Crippen LogP contribution in [0.1, 0.15) is 18.9 Å². The first-order valence-corrected chi connectivity index (χ1v) is 7.31. The van der Waals surface area contributed by atoms with Crippen LogP contribution in [0.3, 0.4) is 0 Å². The molecule has 0 spiro atoms. The minimum Gasteiger partial charge on any atom is -0.389 e. The zero-order valence-electron chi connectivity index (χ0n) is 10.3. The maximum absolute atomic E-state index is 12.4. The van der Waals surface area contributed by atoms with Crippen molar-refractivity contribution in [1.29, 1.82) is 0 Å². The van der Waals surface area contributed by atoms with Crippen LogP contribution in [0.2, 0.25) is 0 Å². The van der Waals surface area contributed by atoms with Gasteiger partial charge in [-0.05, 0) is 31.0 Å². The Morgan fingerprint density at radius 3 is 2.78 bits per heavy atom. The number of aliphatic hydroxyl groups is 1. The monoisotopic (exact) mass is 270 g/mol. The van der Waals surface area contributed by atoms with Gasteiger partial charge < -0.3 is 10.8 Å². The van der Waals surface area contributed by atoms with Gasteiger partial charge in [-0.15, -0.1) is 0 Å². The Labute approximate surface area is 107 Å². The van der Waals surface area contributed by atoms with Crippen LogP contribution < -0.4 is 5.73 Å². The number of nitrogens with two attached hydrogens (primary N) is 1. The molecule has 1 unspecified atom stereocenters. The highest BCUT2D eigenvalue weighted by Gasteiger charge is 2.38. The highest BCUT2D eigenvalue weighted by molar-refractivity contribution is 7.89. The molecule has 0 aromatic heterocycles. The Hall–Kier alpha value is -0.950. The van der Waals surface area contributed by atoms with E-state index in [9.17, 15) is 13.5 Å². The molecule has 5 nitrogen and oxygen atoms in total. The van der Waals surface area contributed by atoms with Crippen LogP contribution in [0.5, 0.6) is 0 Å². The average molecular weight is 270 g/mol. The van der Waals surface area contributed by atoms with E-state index in [1.54, 1.807) is 31.2 Å². The van der Waals surface area contributed by atoms with E-state index in [0.717, 1.165) is 5.56 Å². The molecule has 1 aliphatic rings. The van der Waals surface area contributed by atoms with E-state index in [2.05, 4.69) is 0 Å². The smallest absolute Gasteiger partial charge is 0.243 e. The highest BCUT2D eigenvalue weighted by Crippen LogP contribution is 2.26. The first-order chi connectivity index (χ1) is 8.35. The molecule has 0 radical (unpaired) electrons. The molecule has 0 bridgehead atoms. The Bertz CT molecular complexity index is 540. The minimum absolute atomic E-state index is 0.141. The molecule has 1 aromatic carbocycles. The number of nitrogens with zero attached hydrogens (tertiary/aromatic N) is 1. The van der Waals surface area contributed by atoms with Gasteiger partial charge in [-0.2, -0.15) is 4.31 Å². The van der Waals surface area contributed by atoms with Gasteiger partial charge in [-0.3, -0.25) is 0 Å². The molecule has 0 amide bonds. The second-order valence-electron chi connectivity index (χ2n) is 4.94. The lowest BCUT2D eigenvalue weighted by Crippen LogP contribution is -2.34. The molecule has 18 heavy (non-hydrogen) atoms. The summed E-state index contributed by atoms with van der Waals surface area (Å²) in [7, 11) is -3.52. The molecular formula is C12H18N2O3S. The van der Waals surface area contributed by atoms with E-state index in [1.165, 1.54) is 4.31 Å². The van der Waals surface area contributed by atoms with Crippen molar-refractivity contribution >= 4 is 10.0 Å². The Kier molecular flexibility index (Phi) is 3.46. The maximum Gasteiger partial charge on any atom is 0.243 e. The normalized spacial score (nSPS) is 25.5. The van der Waals surface area contributed by atoms with Gasteiger partial charge >= 0.3 is 0 Å². The molecule has 1 aliphatic heterocycles. The van der Waals surface area contributed by atoms with E-state index < -0.39 is 15.6 Å². The molecular weight excluding hydrogens is 252 g/mol. The third-order valence-corrected chi connectivity index (χ3v) is 5.03. The van der Waals surface area contributed by atoms with Gasteiger partial charge in [0, 0.05) is 19.6 Å². The first kappa shape index (κ1) is 13.5. The Balaban J connectivity index is 2.31. The standard InChI is InChI=1S/C12H18N2O3S/c1-12(15)5-6-14(9-12)18(16,17)11-4-2-3-10(7-11)8-13/h2-4,7,15H,5-6,8-9,13H2,1H3. The van der Waals surface area contributed by atoms with Crippen molar-refractivity contribution in [3.8, 4) is 0 Å². The quantitative estimate of drug-likeness (QED) is 0.827. The number of sulfonamides is 1. The van der Waals surface area contributed by atoms with E-state index in [4.69, 9.17) is 5.73 Å². The Morgan fingerprint density at radius 1 is 1.50 bits per heavy atom. The molecule has 1 aromatic rings. The van der Waals surface area contributed by atoms with E-state index in [0.29, 0.717) is 19.5 Å². The molecule has 1 atom stereocenters. The number of rotatable bonds is 3. The van der Waals surface area contributed by atoms with Gasteiger partial charge in [0.25, 0.3) is 0 Å². The molecule has 1 fully saturated rings. The van der Waals surface area contributed by atoms with Gasteiger partial charge in [-0.25, -0.2) is 8.42 Å². The lowest BCUT2D eigenvalue weighted by atomic mass is 10.1. The second-order valence-corrected chi connectivity index (χ2v) is 6.87. The fraction of sp³-hybridized carbons (Fsp3) is 0.500. The zero-order chi connectivity index (χ0) is 13.4. The molecule has 1 saturated heterocycles. The van der Waals surface area contributed by atoms with E-state index in [1.807, 2.05) is 0 Å². The van der Waals surface area contributed by atoms with Crippen molar-refractivity contribution in [2.75, 3.05) is 13.1 Å². The van der Waals surface area contributed by atoms with Crippen LogP contribution in [0, 0.1) is 0 Å². The number of benzene rings is 1. The van der Waals surface area contributed by atoms with Crippen molar-refractivity contribution in [3.63, 3.8) is 0 Å². The van der Waals surface area contributed by atoms with E-state index >= 15 is 0 Å². The molecule has 6 heteroatoms. The SMILES string of the molecule is CC1(O)CCN(S(=O)(=O)c2cccc(CN)c2)C1. The summed E-state index contributed by atoms with van der Waals surface area (Å²) < 4.78 is 26.1. The predicted octanol–water partition coefficient (Wildman–Crippen LogP) is 0.291. The van der Waals surface area contributed by atoms with Gasteiger partial charge in [0.05, 0.1) is 10.5 Å². The van der Waals surface area contributed by atoms with Gasteiger partial charge in [0.15, 0.2) is 0 Å². The number of β-amino-alcohol motifs (C(OH)–C–C–N with tert-alkyl or cyclic N) is 1. The van der Waals surface area contributed by atoms with Crippen molar-refractivity contribution in [2.24, 2.45) is 5.73 Å². The summed E-state index contributed by atoms with van der Waals surface area (Å²) in [6, 6.07) is 6.62. The number of hydrogen-bond acceptors (Lipinski definition) is 4. The summed E-state index contributed by atoms with van der Waals surface area (Å²) in [5.74, 6) is 0. The molecule has 0 saturated carbocycles. The lowest BCUT2D eigenvalue weighted by molar-refractivity contribution is 0.0762. The van der Waals surface area contributed by atoms with Gasteiger partial charge in [0.1, 0.15) is 0 Å². The second kappa shape index (κ2) is 4.62. The van der Waals surface area contributed by atoms with Crippen LogP contribution >= 0.6 is 0 Å². The topological polar surface area (TPSA) is 83.6 Å². The zero-order valence-corrected chi connectivity index (χ0v) is 11.2. The first-order valence-electron chi connectivity index (χ1n) is 5.87. The number of hydrogen-bond donors (Lipinski definition) is 2. The van der Waals surface area contributed by atoms with Crippen molar-refractivity contribution in [3.05, 3.63) is 29.8 Å².